The second-order valence-electron chi connectivity index (χ2n) is 5.14. The summed E-state index contributed by atoms with van der Waals surface area (Å²) in [5.41, 5.74) is 0.994. The first-order chi connectivity index (χ1) is 9.43. The molecule has 0 atom stereocenters. The molecule has 0 aliphatic heterocycles. The zero-order valence-corrected chi connectivity index (χ0v) is 13.7. The van der Waals surface area contributed by atoms with Gasteiger partial charge in [0.05, 0.1) is 4.90 Å². The minimum atomic E-state index is -3.40. The summed E-state index contributed by atoms with van der Waals surface area (Å²) in [4.78, 5) is 0.384. The second-order valence-corrected chi connectivity index (χ2v) is 7.03. The van der Waals surface area contributed by atoms with E-state index in [2.05, 4.69) is 5.32 Å². The number of benzene rings is 1. The Morgan fingerprint density at radius 1 is 1.25 bits per heavy atom. The minimum absolute atomic E-state index is 0.0302. The van der Waals surface area contributed by atoms with Gasteiger partial charge in [0, 0.05) is 19.1 Å². The number of nitrogens with zero attached hydrogens (tertiary/aromatic N) is 1. The van der Waals surface area contributed by atoms with Crippen LogP contribution in [-0.4, -0.2) is 31.9 Å². The molecule has 0 saturated carbocycles. The smallest absolute Gasteiger partial charge is 0.243 e. The number of hydrogen-bond donors (Lipinski definition) is 1. The molecule has 4 nitrogen and oxygen atoms in total. The van der Waals surface area contributed by atoms with Gasteiger partial charge in [0.25, 0.3) is 0 Å². The van der Waals surface area contributed by atoms with Gasteiger partial charge in [-0.15, -0.1) is 0 Å². The van der Waals surface area contributed by atoms with E-state index >= 15 is 0 Å². The average Bonchev–Trinajstić information content (AvgIpc) is 2.42. The second kappa shape index (κ2) is 7.76. The fraction of sp³-hybridized carbons (Fsp3) is 0.600. The average molecular weight is 298 g/mol. The molecule has 0 spiro atoms. The van der Waals surface area contributed by atoms with E-state index in [0.29, 0.717) is 18.0 Å². The Kier molecular flexibility index (Phi) is 6.65. The Bertz CT molecular complexity index is 512. The van der Waals surface area contributed by atoms with Crippen molar-refractivity contribution in [1.82, 2.24) is 9.62 Å². The molecule has 0 radical (unpaired) electrons. The first-order valence-corrected chi connectivity index (χ1v) is 8.69. The van der Waals surface area contributed by atoms with Crippen LogP contribution >= 0.6 is 0 Å². The van der Waals surface area contributed by atoms with Crippen molar-refractivity contribution in [3.05, 3.63) is 29.8 Å². The molecule has 1 aromatic carbocycles. The van der Waals surface area contributed by atoms with Crippen molar-refractivity contribution in [2.45, 2.75) is 51.6 Å². The number of rotatable bonds is 8. The van der Waals surface area contributed by atoms with Gasteiger partial charge in [-0.1, -0.05) is 26.0 Å². The lowest BCUT2D eigenvalue weighted by atomic mass is 10.2. The summed E-state index contributed by atoms with van der Waals surface area (Å²) >= 11 is 0. The zero-order chi connectivity index (χ0) is 15.2. The maximum Gasteiger partial charge on any atom is 0.243 e. The SMILES string of the molecule is CCCN(C(C)C)S(=O)(=O)c1cccc(CNCC)c1. The summed E-state index contributed by atoms with van der Waals surface area (Å²) in [6.07, 6.45) is 0.814. The number of nitrogens with one attached hydrogen (secondary N) is 1. The maximum atomic E-state index is 12.7. The molecule has 1 aromatic rings. The highest BCUT2D eigenvalue weighted by atomic mass is 32.2. The predicted molar refractivity (Wildman–Crippen MR) is 83.1 cm³/mol. The Morgan fingerprint density at radius 2 is 1.95 bits per heavy atom. The van der Waals surface area contributed by atoms with Crippen molar-refractivity contribution in [3.63, 3.8) is 0 Å². The lowest BCUT2D eigenvalue weighted by Crippen LogP contribution is -2.37. The van der Waals surface area contributed by atoms with Crippen molar-refractivity contribution < 1.29 is 8.42 Å². The van der Waals surface area contributed by atoms with Crippen molar-refractivity contribution >= 4 is 10.0 Å². The standard InChI is InChI=1S/C15H26N2O2S/c1-5-10-17(13(3)4)20(18,19)15-9-7-8-14(11-15)12-16-6-2/h7-9,11,13,16H,5-6,10,12H2,1-4H3. The predicted octanol–water partition coefficient (Wildman–Crippen LogP) is 2.61. The monoisotopic (exact) mass is 298 g/mol. The zero-order valence-electron chi connectivity index (χ0n) is 12.9. The molecule has 0 fully saturated rings. The molecule has 0 heterocycles. The van der Waals surface area contributed by atoms with Crippen LogP contribution in [-0.2, 0) is 16.6 Å². The highest BCUT2D eigenvalue weighted by Crippen LogP contribution is 2.19. The molecule has 114 valence electrons. The van der Waals surface area contributed by atoms with Crippen LogP contribution in [0, 0.1) is 0 Å². The van der Waals surface area contributed by atoms with Crippen LogP contribution in [0.5, 0.6) is 0 Å². The third kappa shape index (κ3) is 4.30. The molecule has 0 aliphatic rings. The van der Waals surface area contributed by atoms with Gasteiger partial charge in [0.2, 0.25) is 10.0 Å². The fourth-order valence-electron chi connectivity index (χ4n) is 2.10. The van der Waals surface area contributed by atoms with Gasteiger partial charge >= 0.3 is 0 Å². The Morgan fingerprint density at radius 3 is 2.50 bits per heavy atom. The Labute approximate surface area is 123 Å². The molecular weight excluding hydrogens is 272 g/mol. The lowest BCUT2D eigenvalue weighted by molar-refractivity contribution is 0.354. The summed E-state index contributed by atoms with van der Waals surface area (Å²) in [7, 11) is -3.40. The van der Waals surface area contributed by atoms with E-state index in [4.69, 9.17) is 0 Å². The molecule has 1 N–H and O–H groups in total. The van der Waals surface area contributed by atoms with E-state index in [1.807, 2.05) is 39.8 Å². The van der Waals surface area contributed by atoms with Gasteiger partial charge in [0.15, 0.2) is 0 Å². The Balaban J connectivity index is 3.07. The first kappa shape index (κ1) is 17.1. The Hall–Kier alpha value is -0.910. The van der Waals surface area contributed by atoms with E-state index in [9.17, 15) is 8.42 Å². The van der Waals surface area contributed by atoms with Crippen LogP contribution in [0.15, 0.2) is 29.2 Å². The molecule has 1 rings (SSSR count). The summed E-state index contributed by atoms with van der Waals surface area (Å²) < 4.78 is 27.0. The lowest BCUT2D eigenvalue weighted by Gasteiger charge is -2.25. The van der Waals surface area contributed by atoms with Crippen LogP contribution in [0.3, 0.4) is 0 Å². The number of sulfonamides is 1. The summed E-state index contributed by atoms with van der Waals surface area (Å²) in [5.74, 6) is 0. The molecule has 0 unspecified atom stereocenters. The van der Waals surface area contributed by atoms with E-state index in [-0.39, 0.29) is 6.04 Å². The van der Waals surface area contributed by atoms with Gasteiger partial charge in [0.1, 0.15) is 0 Å². The van der Waals surface area contributed by atoms with E-state index in [1.54, 1.807) is 16.4 Å². The van der Waals surface area contributed by atoms with Gasteiger partial charge < -0.3 is 5.32 Å². The summed E-state index contributed by atoms with van der Waals surface area (Å²) in [5, 5.41) is 3.21. The molecule has 20 heavy (non-hydrogen) atoms. The topological polar surface area (TPSA) is 49.4 Å². The van der Waals surface area contributed by atoms with Gasteiger partial charge in [-0.3, -0.25) is 0 Å². The van der Waals surface area contributed by atoms with Crippen LogP contribution in [0.1, 0.15) is 39.7 Å². The maximum absolute atomic E-state index is 12.7. The molecule has 0 saturated heterocycles. The minimum Gasteiger partial charge on any atom is -0.313 e. The van der Waals surface area contributed by atoms with Gasteiger partial charge in [-0.05, 0) is 44.5 Å². The van der Waals surface area contributed by atoms with Crippen LogP contribution in [0.25, 0.3) is 0 Å². The summed E-state index contributed by atoms with van der Waals surface area (Å²) in [6.45, 7) is 9.96. The highest BCUT2D eigenvalue weighted by molar-refractivity contribution is 7.89. The van der Waals surface area contributed by atoms with Gasteiger partial charge in [-0.2, -0.15) is 4.31 Å². The first-order valence-electron chi connectivity index (χ1n) is 7.25. The molecule has 0 amide bonds. The molecule has 0 bridgehead atoms. The van der Waals surface area contributed by atoms with E-state index in [0.717, 1.165) is 18.5 Å². The van der Waals surface area contributed by atoms with E-state index in [1.165, 1.54) is 0 Å². The highest BCUT2D eigenvalue weighted by Gasteiger charge is 2.26. The quantitative estimate of drug-likeness (QED) is 0.802. The van der Waals surface area contributed by atoms with Crippen molar-refractivity contribution in [2.24, 2.45) is 0 Å². The molecule has 0 aromatic heterocycles. The van der Waals surface area contributed by atoms with E-state index < -0.39 is 10.0 Å². The van der Waals surface area contributed by atoms with Crippen molar-refractivity contribution in [1.29, 1.82) is 0 Å². The summed E-state index contributed by atoms with van der Waals surface area (Å²) in [6, 6.07) is 7.17. The largest absolute Gasteiger partial charge is 0.313 e. The van der Waals surface area contributed by atoms with Crippen molar-refractivity contribution in [2.75, 3.05) is 13.1 Å². The fourth-order valence-corrected chi connectivity index (χ4v) is 3.90. The van der Waals surface area contributed by atoms with Gasteiger partial charge in [-0.25, -0.2) is 8.42 Å². The van der Waals surface area contributed by atoms with Crippen LogP contribution in [0.4, 0.5) is 0 Å². The third-order valence-electron chi connectivity index (χ3n) is 3.10. The molecule has 0 aliphatic carbocycles. The van der Waals surface area contributed by atoms with Crippen LogP contribution in [0.2, 0.25) is 0 Å². The molecule has 5 heteroatoms. The third-order valence-corrected chi connectivity index (χ3v) is 5.18. The number of hydrogen-bond acceptors (Lipinski definition) is 3. The molecular formula is C15H26N2O2S. The van der Waals surface area contributed by atoms with Crippen LogP contribution < -0.4 is 5.32 Å². The normalized spacial score (nSPS) is 12.3. The van der Waals surface area contributed by atoms with Crippen molar-refractivity contribution in [3.8, 4) is 0 Å².